The molecule has 0 N–H and O–H groups in total. The SMILES string of the molecule is C1=C(OC2=Cc3ccccc3C2)Cc2ccccc21. The molecule has 0 aliphatic heterocycles. The van der Waals surface area contributed by atoms with Crippen LogP contribution >= 0.6 is 0 Å². The molecule has 0 unspecified atom stereocenters. The summed E-state index contributed by atoms with van der Waals surface area (Å²) in [6.07, 6.45) is 6.12. The second kappa shape index (κ2) is 4.13. The largest absolute Gasteiger partial charge is 0.465 e. The number of hydrogen-bond donors (Lipinski definition) is 0. The number of fused-ring (bicyclic) bond motifs is 2. The molecule has 0 atom stereocenters. The van der Waals surface area contributed by atoms with E-state index < -0.39 is 0 Å². The molecule has 0 aromatic heterocycles. The minimum absolute atomic E-state index is 0.907. The quantitative estimate of drug-likeness (QED) is 0.771. The van der Waals surface area contributed by atoms with Gasteiger partial charge >= 0.3 is 0 Å². The van der Waals surface area contributed by atoms with Crippen LogP contribution in [0.1, 0.15) is 22.3 Å². The summed E-state index contributed by atoms with van der Waals surface area (Å²) in [5, 5.41) is 0. The van der Waals surface area contributed by atoms with E-state index in [0.717, 1.165) is 24.4 Å². The van der Waals surface area contributed by atoms with Crippen LogP contribution in [0.5, 0.6) is 0 Å². The first-order valence-electron chi connectivity index (χ1n) is 6.63. The van der Waals surface area contributed by atoms with Gasteiger partial charge in [0.1, 0.15) is 11.5 Å². The van der Waals surface area contributed by atoms with Crippen molar-refractivity contribution >= 4 is 12.2 Å². The molecule has 0 radical (unpaired) electrons. The van der Waals surface area contributed by atoms with Gasteiger partial charge in [0.15, 0.2) is 0 Å². The molecule has 0 spiro atoms. The molecule has 0 amide bonds. The zero-order valence-corrected chi connectivity index (χ0v) is 10.6. The van der Waals surface area contributed by atoms with Crippen LogP contribution in [0.15, 0.2) is 60.0 Å². The van der Waals surface area contributed by atoms with E-state index in [2.05, 4.69) is 60.7 Å². The Morgan fingerprint density at radius 1 is 0.632 bits per heavy atom. The number of allylic oxidation sites excluding steroid dienone is 2. The van der Waals surface area contributed by atoms with Crippen LogP contribution in [0.25, 0.3) is 12.2 Å². The van der Waals surface area contributed by atoms with Crippen LogP contribution in [0, 0.1) is 0 Å². The highest BCUT2D eigenvalue weighted by atomic mass is 16.5. The normalized spacial score (nSPS) is 15.6. The standard InChI is InChI=1S/C18H14O/c1-2-6-14-10-17(9-13(14)5-1)19-18-11-15-7-3-4-8-16(15)12-18/h1-9,11H,10,12H2. The Balaban J connectivity index is 1.54. The van der Waals surface area contributed by atoms with Gasteiger partial charge in [-0.05, 0) is 34.4 Å². The van der Waals surface area contributed by atoms with Gasteiger partial charge in [0.25, 0.3) is 0 Å². The first-order chi connectivity index (χ1) is 9.38. The van der Waals surface area contributed by atoms with E-state index >= 15 is 0 Å². The van der Waals surface area contributed by atoms with Gasteiger partial charge in [-0.25, -0.2) is 0 Å². The molecular formula is C18H14O. The molecule has 0 bridgehead atoms. The summed E-state index contributed by atoms with van der Waals surface area (Å²) in [7, 11) is 0. The Bertz CT molecular complexity index is 646. The van der Waals surface area contributed by atoms with Crippen LogP contribution < -0.4 is 0 Å². The van der Waals surface area contributed by atoms with Crippen molar-refractivity contribution in [1.29, 1.82) is 0 Å². The molecule has 92 valence electrons. The predicted molar refractivity (Wildman–Crippen MR) is 77.3 cm³/mol. The molecule has 0 saturated carbocycles. The van der Waals surface area contributed by atoms with Gasteiger partial charge in [-0.3, -0.25) is 0 Å². The molecule has 0 saturated heterocycles. The van der Waals surface area contributed by atoms with E-state index in [1.807, 2.05) is 0 Å². The van der Waals surface area contributed by atoms with Crippen LogP contribution in [-0.4, -0.2) is 0 Å². The van der Waals surface area contributed by atoms with E-state index in [-0.39, 0.29) is 0 Å². The summed E-state index contributed by atoms with van der Waals surface area (Å²) in [4.78, 5) is 0. The van der Waals surface area contributed by atoms with E-state index in [1.165, 1.54) is 22.3 Å². The number of hydrogen-bond acceptors (Lipinski definition) is 1. The lowest BCUT2D eigenvalue weighted by Crippen LogP contribution is -1.93. The smallest absolute Gasteiger partial charge is 0.109 e. The third kappa shape index (κ3) is 1.88. The minimum Gasteiger partial charge on any atom is -0.465 e. The minimum atomic E-state index is 0.907. The molecule has 2 aromatic carbocycles. The fraction of sp³-hybridized carbons (Fsp3) is 0.111. The second-order valence-electron chi connectivity index (χ2n) is 5.07. The highest BCUT2D eigenvalue weighted by Crippen LogP contribution is 2.31. The molecule has 19 heavy (non-hydrogen) atoms. The Kier molecular flexibility index (Phi) is 2.31. The average molecular weight is 246 g/mol. The molecular weight excluding hydrogens is 232 g/mol. The Morgan fingerprint density at radius 2 is 1.11 bits per heavy atom. The summed E-state index contributed by atoms with van der Waals surface area (Å²) in [6, 6.07) is 16.9. The first kappa shape index (κ1) is 10.6. The summed E-state index contributed by atoms with van der Waals surface area (Å²) in [6.45, 7) is 0. The summed E-state index contributed by atoms with van der Waals surface area (Å²) in [5.74, 6) is 2.11. The predicted octanol–water partition coefficient (Wildman–Crippen LogP) is 4.20. The van der Waals surface area contributed by atoms with Crippen molar-refractivity contribution in [3.8, 4) is 0 Å². The molecule has 2 aliphatic carbocycles. The molecule has 2 aliphatic rings. The number of rotatable bonds is 2. The number of benzene rings is 2. The van der Waals surface area contributed by atoms with Gasteiger partial charge in [-0.15, -0.1) is 0 Å². The highest BCUT2D eigenvalue weighted by molar-refractivity contribution is 5.65. The van der Waals surface area contributed by atoms with Crippen LogP contribution in [0.2, 0.25) is 0 Å². The van der Waals surface area contributed by atoms with E-state index in [9.17, 15) is 0 Å². The maximum atomic E-state index is 6.06. The van der Waals surface area contributed by atoms with Gasteiger partial charge in [0.2, 0.25) is 0 Å². The first-order valence-corrected chi connectivity index (χ1v) is 6.63. The third-order valence-corrected chi connectivity index (χ3v) is 3.73. The van der Waals surface area contributed by atoms with Crippen molar-refractivity contribution in [3.63, 3.8) is 0 Å². The Labute approximate surface area is 112 Å². The molecule has 4 rings (SSSR count). The van der Waals surface area contributed by atoms with Crippen molar-refractivity contribution in [2.75, 3.05) is 0 Å². The summed E-state index contributed by atoms with van der Waals surface area (Å²) < 4.78 is 6.06. The van der Waals surface area contributed by atoms with Crippen LogP contribution in [0.3, 0.4) is 0 Å². The average Bonchev–Trinajstić information content (AvgIpc) is 3.00. The van der Waals surface area contributed by atoms with Gasteiger partial charge in [0, 0.05) is 12.8 Å². The topological polar surface area (TPSA) is 9.23 Å². The lowest BCUT2D eigenvalue weighted by molar-refractivity contribution is 0.301. The number of ether oxygens (including phenoxy) is 1. The molecule has 2 aromatic rings. The maximum absolute atomic E-state index is 6.06. The van der Waals surface area contributed by atoms with Crippen LogP contribution in [0.4, 0.5) is 0 Å². The fourth-order valence-corrected chi connectivity index (χ4v) is 2.80. The van der Waals surface area contributed by atoms with E-state index in [4.69, 9.17) is 4.74 Å². The molecule has 1 heteroatoms. The lowest BCUT2D eigenvalue weighted by Gasteiger charge is -2.06. The van der Waals surface area contributed by atoms with Crippen molar-refractivity contribution in [1.82, 2.24) is 0 Å². The Hall–Kier alpha value is -2.28. The van der Waals surface area contributed by atoms with Crippen LogP contribution in [-0.2, 0) is 17.6 Å². The van der Waals surface area contributed by atoms with Crippen molar-refractivity contribution in [2.24, 2.45) is 0 Å². The highest BCUT2D eigenvalue weighted by Gasteiger charge is 2.18. The molecule has 1 nitrogen and oxygen atoms in total. The second-order valence-corrected chi connectivity index (χ2v) is 5.07. The van der Waals surface area contributed by atoms with Crippen molar-refractivity contribution in [3.05, 3.63) is 82.3 Å². The van der Waals surface area contributed by atoms with Gasteiger partial charge in [-0.1, -0.05) is 48.5 Å². The summed E-state index contributed by atoms with van der Waals surface area (Å²) in [5.41, 5.74) is 5.28. The van der Waals surface area contributed by atoms with Crippen molar-refractivity contribution < 1.29 is 4.74 Å². The maximum Gasteiger partial charge on any atom is 0.109 e. The zero-order chi connectivity index (χ0) is 12.7. The van der Waals surface area contributed by atoms with E-state index in [0.29, 0.717) is 0 Å². The van der Waals surface area contributed by atoms with Gasteiger partial charge in [0.05, 0.1) is 0 Å². The lowest BCUT2D eigenvalue weighted by atomic mass is 10.1. The van der Waals surface area contributed by atoms with E-state index in [1.54, 1.807) is 0 Å². The monoisotopic (exact) mass is 246 g/mol. The third-order valence-electron chi connectivity index (χ3n) is 3.73. The van der Waals surface area contributed by atoms with Gasteiger partial charge < -0.3 is 4.74 Å². The Morgan fingerprint density at radius 3 is 1.58 bits per heavy atom. The summed E-state index contributed by atoms with van der Waals surface area (Å²) >= 11 is 0. The fourth-order valence-electron chi connectivity index (χ4n) is 2.80. The van der Waals surface area contributed by atoms with Gasteiger partial charge in [-0.2, -0.15) is 0 Å². The zero-order valence-electron chi connectivity index (χ0n) is 10.6. The molecule has 0 heterocycles. The molecule has 0 fully saturated rings. The van der Waals surface area contributed by atoms with Crippen molar-refractivity contribution in [2.45, 2.75) is 12.8 Å².